The van der Waals surface area contributed by atoms with Crippen molar-refractivity contribution in [2.24, 2.45) is 0 Å². The highest BCUT2D eigenvalue weighted by Crippen LogP contribution is 2.43. The van der Waals surface area contributed by atoms with Crippen LogP contribution in [0.1, 0.15) is 46.3 Å². The van der Waals surface area contributed by atoms with Crippen LogP contribution in [0.3, 0.4) is 0 Å². The number of aromatic nitrogens is 5. The first kappa shape index (κ1) is 21.8. The summed E-state index contributed by atoms with van der Waals surface area (Å²) in [4.78, 5) is 25.7. The van der Waals surface area contributed by atoms with Gasteiger partial charge in [-0.25, -0.2) is 15.0 Å². The molecule has 3 aromatic heterocycles. The highest BCUT2D eigenvalue weighted by atomic mass is 16.2. The van der Waals surface area contributed by atoms with Crippen LogP contribution in [0.4, 0.5) is 23.1 Å². The van der Waals surface area contributed by atoms with Gasteiger partial charge in [0.1, 0.15) is 17.5 Å². The van der Waals surface area contributed by atoms with Crippen LogP contribution in [-0.2, 0) is 0 Å². The Morgan fingerprint density at radius 2 is 1.84 bits per heavy atom. The summed E-state index contributed by atoms with van der Waals surface area (Å²) in [6.07, 6.45) is 3.87. The molecule has 1 fully saturated rings. The number of aryl methyl sites for hydroxylation is 2. The zero-order valence-corrected chi connectivity index (χ0v) is 17.8. The van der Waals surface area contributed by atoms with Gasteiger partial charge in [-0.3, -0.25) is 4.79 Å². The Kier molecular flexibility index (Phi) is 5.86. The zero-order chi connectivity index (χ0) is 22.9. The van der Waals surface area contributed by atoms with E-state index in [1.54, 1.807) is 25.3 Å². The minimum absolute atomic E-state index is 0.0382. The lowest BCUT2D eigenvalue weighted by molar-refractivity contribution is 0.0947. The van der Waals surface area contributed by atoms with E-state index < -0.39 is 11.1 Å². The lowest BCUT2D eigenvalue weighted by atomic mass is 9.49. The Labute approximate surface area is 189 Å². The molecule has 6 radical (unpaired) electrons. The van der Waals surface area contributed by atoms with Gasteiger partial charge in [0.15, 0.2) is 11.5 Å². The number of nitrogens with one attached hydrogen (secondary N) is 3. The van der Waals surface area contributed by atoms with Gasteiger partial charge in [-0.05, 0) is 44.2 Å². The van der Waals surface area contributed by atoms with Crippen molar-refractivity contribution >= 4 is 52.6 Å². The number of amides is 1. The van der Waals surface area contributed by atoms with Crippen molar-refractivity contribution in [1.29, 1.82) is 0 Å². The number of carbonyl (C=O) groups is 1. The van der Waals surface area contributed by atoms with E-state index in [2.05, 4.69) is 41.1 Å². The molecule has 0 bridgehead atoms. The van der Waals surface area contributed by atoms with Crippen LogP contribution < -0.4 is 16.0 Å². The number of anilines is 4. The maximum absolute atomic E-state index is 12.7. The predicted molar refractivity (Wildman–Crippen MR) is 124 cm³/mol. The minimum Gasteiger partial charge on any atom is -0.370 e. The second-order valence-electron chi connectivity index (χ2n) is 7.79. The lowest BCUT2D eigenvalue weighted by Gasteiger charge is -2.22. The molecule has 0 atom stereocenters. The van der Waals surface area contributed by atoms with Crippen LogP contribution in [0.5, 0.6) is 0 Å². The average molecular weight is 420 g/mol. The molecule has 1 aliphatic rings. The van der Waals surface area contributed by atoms with Crippen molar-refractivity contribution in [3.05, 3.63) is 53.2 Å². The van der Waals surface area contributed by atoms with E-state index in [9.17, 15) is 4.79 Å². The molecule has 0 unspecified atom stereocenters. The van der Waals surface area contributed by atoms with Crippen LogP contribution in [0.2, 0.25) is 0 Å². The van der Waals surface area contributed by atoms with Crippen molar-refractivity contribution in [1.82, 2.24) is 30.5 Å². The molecule has 0 aromatic carbocycles. The normalized spacial score (nSPS) is 13.4. The van der Waals surface area contributed by atoms with Gasteiger partial charge in [0.05, 0.1) is 29.2 Å². The molecule has 1 saturated carbocycles. The van der Waals surface area contributed by atoms with Gasteiger partial charge < -0.3 is 16.0 Å². The summed E-state index contributed by atoms with van der Waals surface area (Å²) in [6.45, 7) is 3.66. The molecular weight excluding hydrogens is 401 g/mol. The van der Waals surface area contributed by atoms with Crippen molar-refractivity contribution in [3.63, 3.8) is 0 Å². The quantitative estimate of drug-likeness (QED) is 0.493. The largest absolute Gasteiger partial charge is 0.370 e. The van der Waals surface area contributed by atoms with E-state index in [0.29, 0.717) is 34.9 Å². The molecule has 0 spiro atoms. The van der Waals surface area contributed by atoms with Crippen molar-refractivity contribution in [3.8, 4) is 0 Å². The van der Waals surface area contributed by atoms with Crippen LogP contribution in [0, 0.1) is 13.8 Å². The van der Waals surface area contributed by atoms with Gasteiger partial charge in [-0.1, -0.05) is 11.3 Å². The number of nitrogens with zero attached hydrogens (tertiary/aromatic N) is 5. The molecule has 0 aliphatic heterocycles. The third-order valence-electron chi connectivity index (χ3n) is 4.67. The van der Waals surface area contributed by atoms with E-state index in [1.807, 2.05) is 19.1 Å². The molecule has 0 saturated heterocycles. The molecule has 12 heteroatoms. The first-order valence-electron chi connectivity index (χ1n) is 10.1. The van der Waals surface area contributed by atoms with E-state index in [1.165, 1.54) is 0 Å². The summed E-state index contributed by atoms with van der Waals surface area (Å²) in [5.74, 6) is 1.92. The fourth-order valence-corrected chi connectivity index (χ4v) is 3.26. The Morgan fingerprint density at radius 3 is 2.53 bits per heavy atom. The van der Waals surface area contributed by atoms with Gasteiger partial charge in [0, 0.05) is 24.0 Å². The van der Waals surface area contributed by atoms with Crippen LogP contribution in [0.25, 0.3) is 0 Å². The van der Waals surface area contributed by atoms with E-state index >= 15 is 0 Å². The lowest BCUT2D eigenvalue weighted by Crippen LogP contribution is -2.50. The topological polar surface area (TPSA) is 118 Å². The SMILES string of the molecule is [B]C([B])([B])NC(=O)c1nnc(Nc2cc(C)nc(C)n2)cc1Nc1ncccc1C1CC1. The fourth-order valence-electron chi connectivity index (χ4n) is 3.26. The number of carbonyl (C=O) groups excluding carboxylic acids is 1. The van der Waals surface area contributed by atoms with E-state index in [0.717, 1.165) is 24.1 Å². The van der Waals surface area contributed by atoms with Crippen molar-refractivity contribution < 1.29 is 4.79 Å². The van der Waals surface area contributed by atoms with Gasteiger partial charge in [-0.15, -0.1) is 10.2 Å². The van der Waals surface area contributed by atoms with Crippen LogP contribution in [0.15, 0.2) is 30.5 Å². The Hall–Kier alpha value is -3.43. The summed E-state index contributed by atoms with van der Waals surface area (Å²) >= 11 is 0. The summed E-state index contributed by atoms with van der Waals surface area (Å²) < 4.78 is 0. The number of hydrogen-bond donors (Lipinski definition) is 3. The number of rotatable bonds is 7. The van der Waals surface area contributed by atoms with Gasteiger partial charge in [0.2, 0.25) is 0 Å². The number of hydrogen-bond acceptors (Lipinski definition) is 8. The Balaban J connectivity index is 1.70. The first-order valence-corrected chi connectivity index (χ1v) is 10.1. The Morgan fingerprint density at radius 1 is 1.06 bits per heavy atom. The smallest absolute Gasteiger partial charge is 0.272 e. The summed E-state index contributed by atoms with van der Waals surface area (Å²) in [6, 6.07) is 7.30. The van der Waals surface area contributed by atoms with Crippen molar-refractivity contribution in [2.75, 3.05) is 10.6 Å². The molecule has 3 N–H and O–H groups in total. The second-order valence-corrected chi connectivity index (χ2v) is 7.79. The molecule has 154 valence electrons. The van der Waals surface area contributed by atoms with Gasteiger partial charge in [0.25, 0.3) is 5.91 Å². The summed E-state index contributed by atoms with van der Waals surface area (Å²) in [7, 11) is 16.6. The zero-order valence-electron chi connectivity index (χ0n) is 17.8. The molecule has 3 heterocycles. The first-order chi connectivity index (χ1) is 15.2. The van der Waals surface area contributed by atoms with Gasteiger partial charge >= 0.3 is 0 Å². The van der Waals surface area contributed by atoms with E-state index in [-0.39, 0.29) is 5.69 Å². The second kappa shape index (κ2) is 8.60. The van der Waals surface area contributed by atoms with E-state index in [4.69, 9.17) is 23.5 Å². The highest BCUT2D eigenvalue weighted by Gasteiger charge is 2.27. The minimum atomic E-state index is -1.91. The molecule has 32 heavy (non-hydrogen) atoms. The van der Waals surface area contributed by atoms with Crippen LogP contribution in [-0.4, -0.2) is 59.8 Å². The van der Waals surface area contributed by atoms with Gasteiger partial charge in [-0.2, -0.15) is 0 Å². The molecule has 1 aliphatic carbocycles. The summed E-state index contributed by atoms with van der Waals surface area (Å²) in [5, 5.41) is 14.8. The molecule has 9 nitrogen and oxygen atoms in total. The average Bonchev–Trinajstić information content (AvgIpc) is 3.51. The standard InChI is InChI=1S/C20H19B3N8O/c1-10-8-15(26-11(2)25-10)28-16-9-14(17(31-30-16)19(32)29-20(21,22)23)27-18-13(12-5-6-12)4-3-7-24-18/h3-4,7-9,12H,5-6H2,1-2H3,(H,29,32)(H2,24,25,26,27,28,30). The molecule has 3 aromatic rings. The third kappa shape index (κ3) is 5.43. The Bertz CT molecular complexity index is 1140. The monoisotopic (exact) mass is 420 g/mol. The fraction of sp³-hybridized carbons (Fsp3) is 0.300. The third-order valence-corrected chi connectivity index (χ3v) is 4.67. The van der Waals surface area contributed by atoms with Crippen molar-refractivity contribution in [2.45, 2.75) is 37.8 Å². The summed E-state index contributed by atoms with van der Waals surface area (Å²) in [5.41, 5.74) is 2.18. The highest BCUT2D eigenvalue weighted by molar-refractivity contribution is 6.60. The van der Waals surface area contributed by atoms with Crippen LogP contribution >= 0.6 is 0 Å². The molecule has 4 rings (SSSR count). The maximum Gasteiger partial charge on any atom is 0.272 e. The molecular formula is C20H19B3N8O. The molecule has 1 amide bonds. The maximum atomic E-state index is 12.7. The number of pyridine rings is 1. The predicted octanol–water partition coefficient (Wildman–Crippen LogP) is 1.49.